The van der Waals surface area contributed by atoms with E-state index in [1.54, 1.807) is 23.0 Å². The predicted molar refractivity (Wildman–Crippen MR) is 128 cm³/mol. The van der Waals surface area contributed by atoms with Gasteiger partial charge in [-0.2, -0.15) is 10.2 Å². The van der Waals surface area contributed by atoms with Crippen LogP contribution in [-0.2, 0) is 10.0 Å². The van der Waals surface area contributed by atoms with Gasteiger partial charge in [0.2, 0.25) is 10.0 Å². The third-order valence-electron chi connectivity index (χ3n) is 5.00. The summed E-state index contributed by atoms with van der Waals surface area (Å²) in [5.41, 5.74) is 6.57. The van der Waals surface area contributed by atoms with Gasteiger partial charge in [-0.1, -0.05) is 36.4 Å². The number of para-hydroxylation sites is 2. The molecule has 33 heavy (non-hydrogen) atoms. The molecule has 0 radical (unpaired) electrons. The van der Waals surface area contributed by atoms with Gasteiger partial charge in [0.05, 0.1) is 22.5 Å². The summed E-state index contributed by atoms with van der Waals surface area (Å²) in [6.45, 7) is 0. The normalized spacial score (nSPS) is 11.9. The van der Waals surface area contributed by atoms with Crippen LogP contribution in [0.2, 0.25) is 0 Å². The summed E-state index contributed by atoms with van der Waals surface area (Å²) in [4.78, 5) is 0.0355. The average molecular weight is 458 g/mol. The number of aromatic nitrogens is 2. The maximum atomic E-state index is 11.4. The summed E-state index contributed by atoms with van der Waals surface area (Å²) in [6, 6.07) is 25.5. The van der Waals surface area contributed by atoms with Crippen LogP contribution in [-0.4, -0.2) is 24.4 Å². The first-order chi connectivity index (χ1) is 16.0. The van der Waals surface area contributed by atoms with Crippen molar-refractivity contribution >= 4 is 32.9 Å². The van der Waals surface area contributed by atoms with Gasteiger partial charge in [0.15, 0.2) is 5.76 Å². The molecule has 5 aromatic rings. The third kappa shape index (κ3) is 4.40. The number of nitrogens with two attached hydrogens (primary N) is 1. The largest absolute Gasteiger partial charge is 0.454 e. The van der Waals surface area contributed by atoms with E-state index in [2.05, 4.69) is 10.5 Å². The summed E-state index contributed by atoms with van der Waals surface area (Å²) in [7, 11) is -3.74. The first-order valence-corrected chi connectivity index (χ1v) is 11.6. The van der Waals surface area contributed by atoms with E-state index in [4.69, 9.17) is 14.7 Å². The van der Waals surface area contributed by atoms with Crippen molar-refractivity contribution in [2.45, 2.75) is 4.90 Å². The van der Waals surface area contributed by atoms with E-state index in [1.807, 2.05) is 66.9 Å². The molecular formula is C24H19N5O3S. The fourth-order valence-electron chi connectivity index (χ4n) is 3.38. The van der Waals surface area contributed by atoms with Crippen molar-refractivity contribution in [2.24, 2.45) is 10.2 Å². The standard InChI is InChI=1S/C24H19N5O3S/c25-33(30,31)21-12-10-19(11-13-21)27-26-15-18-16-29(20-7-2-1-3-8-20)28-24(18)23-14-17-6-4-5-9-22(17)32-23/h1-16,27H,(H2,25,30,31)/b26-15+. The molecule has 0 saturated carbocycles. The van der Waals surface area contributed by atoms with Gasteiger partial charge in [-0.25, -0.2) is 18.2 Å². The number of fused-ring (bicyclic) bond motifs is 1. The van der Waals surface area contributed by atoms with Crippen LogP contribution in [0.1, 0.15) is 5.56 Å². The summed E-state index contributed by atoms with van der Waals surface area (Å²) in [5, 5.41) is 15.2. The minimum atomic E-state index is -3.74. The molecule has 2 aromatic heterocycles. The number of rotatable bonds is 6. The van der Waals surface area contributed by atoms with E-state index in [-0.39, 0.29) is 4.90 Å². The molecule has 0 fully saturated rings. The summed E-state index contributed by atoms with van der Waals surface area (Å²) in [5.74, 6) is 0.629. The molecule has 0 aliphatic carbocycles. The molecule has 8 nitrogen and oxygen atoms in total. The fraction of sp³-hybridized carbons (Fsp3) is 0. The van der Waals surface area contributed by atoms with Gasteiger partial charge in [-0.05, 0) is 48.5 Å². The fourth-order valence-corrected chi connectivity index (χ4v) is 3.90. The van der Waals surface area contributed by atoms with Crippen LogP contribution in [0.25, 0.3) is 28.1 Å². The summed E-state index contributed by atoms with van der Waals surface area (Å²) >= 11 is 0. The number of nitrogens with one attached hydrogen (secondary N) is 1. The molecule has 164 valence electrons. The zero-order valence-corrected chi connectivity index (χ0v) is 18.1. The Bertz CT molecular complexity index is 1520. The Balaban J connectivity index is 1.48. The van der Waals surface area contributed by atoms with Gasteiger partial charge >= 0.3 is 0 Å². The van der Waals surface area contributed by atoms with Gasteiger partial charge in [0.25, 0.3) is 0 Å². The highest BCUT2D eigenvalue weighted by Gasteiger charge is 2.15. The van der Waals surface area contributed by atoms with Crippen molar-refractivity contribution in [3.8, 4) is 17.1 Å². The minimum Gasteiger partial charge on any atom is -0.454 e. The number of benzene rings is 3. The second-order valence-corrected chi connectivity index (χ2v) is 8.86. The lowest BCUT2D eigenvalue weighted by atomic mass is 10.2. The second kappa shape index (κ2) is 8.38. The van der Waals surface area contributed by atoms with E-state index < -0.39 is 10.0 Å². The van der Waals surface area contributed by atoms with Crippen LogP contribution < -0.4 is 10.6 Å². The average Bonchev–Trinajstić information content (AvgIpc) is 3.44. The van der Waals surface area contributed by atoms with Crippen LogP contribution in [0.15, 0.2) is 106 Å². The monoisotopic (exact) mass is 457 g/mol. The zero-order chi connectivity index (χ0) is 22.8. The van der Waals surface area contributed by atoms with Crippen molar-refractivity contribution in [3.05, 3.63) is 96.7 Å². The SMILES string of the molecule is NS(=O)(=O)c1ccc(N/N=C/c2cn(-c3ccccc3)nc2-c2cc3ccccc3o2)cc1. The van der Waals surface area contributed by atoms with Crippen molar-refractivity contribution in [3.63, 3.8) is 0 Å². The first kappa shape index (κ1) is 20.7. The van der Waals surface area contributed by atoms with Crippen molar-refractivity contribution < 1.29 is 12.8 Å². The quantitative estimate of drug-likeness (QED) is 0.290. The second-order valence-electron chi connectivity index (χ2n) is 7.30. The lowest BCUT2D eigenvalue weighted by Gasteiger charge is -2.01. The molecule has 0 amide bonds. The number of hydrazone groups is 1. The molecular weight excluding hydrogens is 438 g/mol. The maximum absolute atomic E-state index is 11.4. The van der Waals surface area contributed by atoms with Crippen LogP contribution in [0, 0.1) is 0 Å². The smallest absolute Gasteiger partial charge is 0.238 e. The molecule has 9 heteroatoms. The highest BCUT2D eigenvalue weighted by atomic mass is 32.2. The van der Waals surface area contributed by atoms with E-state index >= 15 is 0 Å². The molecule has 0 aliphatic heterocycles. The Labute approximate surface area is 190 Å². The molecule has 0 aliphatic rings. The summed E-state index contributed by atoms with van der Waals surface area (Å²) in [6.07, 6.45) is 3.51. The first-order valence-electron chi connectivity index (χ1n) is 10.0. The van der Waals surface area contributed by atoms with Gasteiger partial charge in [0.1, 0.15) is 11.3 Å². The zero-order valence-electron chi connectivity index (χ0n) is 17.3. The lowest BCUT2D eigenvalue weighted by Crippen LogP contribution is -2.11. The number of hydrogen-bond donors (Lipinski definition) is 2. The Morgan fingerprint density at radius 1 is 0.970 bits per heavy atom. The van der Waals surface area contributed by atoms with Gasteiger partial charge in [-0.3, -0.25) is 5.43 Å². The van der Waals surface area contributed by atoms with Crippen molar-refractivity contribution in [2.75, 3.05) is 5.43 Å². The maximum Gasteiger partial charge on any atom is 0.238 e. The number of primary sulfonamides is 1. The van der Waals surface area contributed by atoms with E-state index in [9.17, 15) is 8.42 Å². The number of sulfonamides is 1. The molecule has 3 N–H and O–H groups in total. The lowest BCUT2D eigenvalue weighted by molar-refractivity contribution is 0.598. The van der Waals surface area contributed by atoms with Gasteiger partial charge in [0, 0.05) is 17.1 Å². The van der Waals surface area contributed by atoms with Gasteiger partial charge < -0.3 is 4.42 Å². The van der Waals surface area contributed by atoms with Crippen molar-refractivity contribution in [1.29, 1.82) is 0 Å². The van der Waals surface area contributed by atoms with Crippen LogP contribution >= 0.6 is 0 Å². The number of furan rings is 1. The highest BCUT2D eigenvalue weighted by Crippen LogP contribution is 2.29. The Morgan fingerprint density at radius 3 is 2.42 bits per heavy atom. The molecule has 3 aromatic carbocycles. The van der Waals surface area contributed by atoms with Crippen LogP contribution in [0.5, 0.6) is 0 Å². The van der Waals surface area contributed by atoms with E-state index in [0.717, 1.165) is 22.2 Å². The Kier molecular flexibility index (Phi) is 5.25. The van der Waals surface area contributed by atoms with Gasteiger partial charge in [-0.15, -0.1) is 0 Å². The number of anilines is 1. The molecule has 0 spiro atoms. The predicted octanol–water partition coefficient (Wildman–Crippen LogP) is 4.38. The topological polar surface area (TPSA) is 116 Å². The van der Waals surface area contributed by atoms with E-state index in [0.29, 0.717) is 17.1 Å². The summed E-state index contributed by atoms with van der Waals surface area (Å²) < 4.78 is 30.6. The highest BCUT2D eigenvalue weighted by molar-refractivity contribution is 7.89. The molecule has 0 unspecified atom stereocenters. The van der Waals surface area contributed by atoms with Crippen LogP contribution in [0.3, 0.4) is 0 Å². The minimum absolute atomic E-state index is 0.0355. The number of hydrogen-bond acceptors (Lipinski definition) is 6. The van der Waals surface area contributed by atoms with E-state index in [1.165, 1.54) is 12.1 Å². The van der Waals surface area contributed by atoms with Crippen LogP contribution in [0.4, 0.5) is 5.69 Å². The third-order valence-corrected chi connectivity index (χ3v) is 5.93. The molecule has 0 atom stereocenters. The van der Waals surface area contributed by atoms with Crippen molar-refractivity contribution in [1.82, 2.24) is 9.78 Å². The molecule has 0 saturated heterocycles. The number of nitrogens with zero attached hydrogens (tertiary/aromatic N) is 3. The molecule has 0 bridgehead atoms. The molecule has 2 heterocycles. The Hall–Kier alpha value is -4.21. The Morgan fingerprint density at radius 2 is 1.70 bits per heavy atom. The molecule has 5 rings (SSSR count).